The van der Waals surface area contributed by atoms with Gasteiger partial charge < -0.3 is 9.30 Å². The fraction of sp³-hybridized carbons (Fsp3) is 0.0400. The molecule has 0 bridgehead atoms. The van der Waals surface area contributed by atoms with Crippen LogP contribution in [0.15, 0.2) is 188 Å². The highest BCUT2D eigenvalue weighted by molar-refractivity contribution is 6.10. The molecule has 1 aliphatic carbocycles. The van der Waals surface area contributed by atoms with Gasteiger partial charge in [0.1, 0.15) is 11.8 Å². The first-order chi connectivity index (χ1) is 26.7. The number of nitrogens with zero attached hydrogens (tertiary/aromatic N) is 3. The minimum absolute atomic E-state index is 0.0243. The average molecular weight is 692 g/mol. The van der Waals surface area contributed by atoms with Crippen LogP contribution in [0.3, 0.4) is 0 Å². The summed E-state index contributed by atoms with van der Waals surface area (Å²) in [6.45, 7) is 0. The van der Waals surface area contributed by atoms with Crippen LogP contribution in [0.25, 0.3) is 77.6 Å². The molecule has 0 amide bonds. The SMILES string of the molecule is C1=CC2Oc3c(-c4ccccc4)nc(-c4ccccc4)nc3C2C=C1c1ccc2cc(-n3c4ccccc4c4cc(-c5ccccc5)ccc43)ccc2c1. The third kappa shape index (κ3) is 4.99. The van der Waals surface area contributed by atoms with Crippen molar-refractivity contribution in [2.75, 3.05) is 0 Å². The normalized spacial score (nSPS) is 16.0. The molecule has 0 saturated carbocycles. The molecule has 2 atom stereocenters. The summed E-state index contributed by atoms with van der Waals surface area (Å²) in [5, 5.41) is 4.90. The molecule has 2 aromatic heterocycles. The third-order valence-electron chi connectivity index (χ3n) is 10.9. The van der Waals surface area contributed by atoms with Crippen molar-refractivity contribution in [1.29, 1.82) is 0 Å². The van der Waals surface area contributed by atoms with Gasteiger partial charge in [-0.1, -0.05) is 146 Å². The summed E-state index contributed by atoms with van der Waals surface area (Å²) in [7, 11) is 0. The Hall–Kier alpha value is -7.04. The van der Waals surface area contributed by atoms with Gasteiger partial charge in [0.25, 0.3) is 0 Å². The summed E-state index contributed by atoms with van der Waals surface area (Å²) in [6.07, 6.45) is 6.56. The van der Waals surface area contributed by atoms with Crippen LogP contribution < -0.4 is 4.74 Å². The van der Waals surface area contributed by atoms with Crippen LogP contribution in [0.5, 0.6) is 5.75 Å². The van der Waals surface area contributed by atoms with E-state index in [1.807, 2.05) is 36.4 Å². The molecule has 9 aromatic rings. The Morgan fingerprint density at radius 2 is 1.17 bits per heavy atom. The van der Waals surface area contributed by atoms with Crippen molar-refractivity contribution in [2.24, 2.45) is 0 Å². The number of rotatable bonds is 5. The molecule has 3 heterocycles. The van der Waals surface area contributed by atoms with Crippen molar-refractivity contribution < 1.29 is 4.74 Å². The molecule has 1 aliphatic heterocycles. The number of hydrogen-bond acceptors (Lipinski definition) is 3. The first-order valence-electron chi connectivity index (χ1n) is 18.5. The molecule has 4 heteroatoms. The fourth-order valence-electron chi connectivity index (χ4n) is 8.27. The van der Waals surface area contributed by atoms with E-state index in [1.165, 1.54) is 49.3 Å². The molecule has 254 valence electrons. The summed E-state index contributed by atoms with van der Waals surface area (Å²) in [6, 6.07) is 60.3. The largest absolute Gasteiger partial charge is 0.481 e. The summed E-state index contributed by atoms with van der Waals surface area (Å²) in [4.78, 5) is 10.2. The Morgan fingerprint density at radius 1 is 0.500 bits per heavy atom. The number of fused-ring (bicyclic) bond motifs is 7. The second kappa shape index (κ2) is 12.3. The van der Waals surface area contributed by atoms with Gasteiger partial charge in [0.2, 0.25) is 0 Å². The van der Waals surface area contributed by atoms with E-state index < -0.39 is 0 Å². The van der Waals surface area contributed by atoms with Crippen molar-refractivity contribution in [1.82, 2.24) is 14.5 Å². The Morgan fingerprint density at radius 3 is 1.98 bits per heavy atom. The minimum Gasteiger partial charge on any atom is -0.481 e. The highest BCUT2D eigenvalue weighted by Crippen LogP contribution is 2.47. The summed E-state index contributed by atoms with van der Waals surface area (Å²) >= 11 is 0. The van der Waals surface area contributed by atoms with E-state index in [0.717, 1.165) is 39.5 Å². The average Bonchev–Trinajstić information content (AvgIpc) is 3.79. The van der Waals surface area contributed by atoms with Crippen LogP contribution >= 0.6 is 0 Å². The van der Waals surface area contributed by atoms with E-state index in [2.05, 4.69) is 156 Å². The van der Waals surface area contributed by atoms with E-state index in [4.69, 9.17) is 14.7 Å². The number of allylic oxidation sites excluding steroid dienone is 2. The lowest BCUT2D eigenvalue weighted by molar-refractivity contribution is 0.269. The highest BCUT2D eigenvalue weighted by Gasteiger charge is 2.38. The molecule has 0 saturated heterocycles. The molecule has 0 fully saturated rings. The predicted octanol–water partition coefficient (Wildman–Crippen LogP) is 12.2. The van der Waals surface area contributed by atoms with E-state index in [0.29, 0.717) is 5.82 Å². The molecule has 54 heavy (non-hydrogen) atoms. The van der Waals surface area contributed by atoms with Crippen LogP contribution in [0, 0.1) is 0 Å². The van der Waals surface area contributed by atoms with Crippen molar-refractivity contribution in [3.8, 4) is 45.2 Å². The smallest absolute Gasteiger partial charge is 0.168 e. The second-order valence-electron chi connectivity index (χ2n) is 14.1. The second-order valence-corrected chi connectivity index (χ2v) is 14.1. The van der Waals surface area contributed by atoms with Gasteiger partial charge in [-0.25, -0.2) is 9.97 Å². The lowest BCUT2D eigenvalue weighted by Gasteiger charge is -2.18. The molecule has 0 N–H and O–H groups in total. The highest BCUT2D eigenvalue weighted by atomic mass is 16.5. The van der Waals surface area contributed by atoms with E-state index in [-0.39, 0.29) is 12.0 Å². The van der Waals surface area contributed by atoms with Gasteiger partial charge >= 0.3 is 0 Å². The first-order valence-corrected chi connectivity index (χ1v) is 18.5. The number of hydrogen-bond donors (Lipinski definition) is 0. The van der Waals surface area contributed by atoms with Gasteiger partial charge in [-0.3, -0.25) is 0 Å². The molecule has 2 aliphatic rings. The molecular formula is C50H33N3O. The van der Waals surface area contributed by atoms with E-state index in [1.54, 1.807) is 0 Å². The number of ether oxygens (including phenoxy) is 1. The predicted molar refractivity (Wildman–Crippen MR) is 221 cm³/mol. The first kappa shape index (κ1) is 30.6. The third-order valence-corrected chi connectivity index (χ3v) is 10.9. The molecule has 0 radical (unpaired) electrons. The van der Waals surface area contributed by atoms with Crippen LogP contribution in [0.4, 0.5) is 0 Å². The zero-order valence-corrected chi connectivity index (χ0v) is 29.3. The Balaban J connectivity index is 0.973. The molecule has 11 rings (SSSR count). The maximum Gasteiger partial charge on any atom is 0.168 e. The zero-order chi connectivity index (χ0) is 35.6. The molecule has 0 spiro atoms. The van der Waals surface area contributed by atoms with Gasteiger partial charge in [-0.15, -0.1) is 0 Å². The standard InChI is InChI=1S/C50H33N3O/c1-4-12-32(13-5-1)38-23-26-45-42(30-38)41-18-10-11-19-44(41)53(45)40-25-22-36-28-35(20-21-37(36)29-40)39-24-27-46-43(31-39)48-49(54-46)47(33-14-6-2-7-15-33)51-50(52-48)34-16-8-3-9-17-34/h1-31,43,46H. The quantitative estimate of drug-likeness (QED) is 0.180. The van der Waals surface area contributed by atoms with E-state index >= 15 is 0 Å². The molecule has 4 nitrogen and oxygen atoms in total. The molecular weight excluding hydrogens is 659 g/mol. The van der Waals surface area contributed by atoms with Crippen molar-refractivity contribution in [3.05, 3.63) is 199 Å². The topological polar surface area (TPSA) is 39.9 Å². The lowest BCUT2D eigenvalue weighted by atomic mass is 9.88. The number of aromatic nitrogens is 3. The van der Waals surface area contributed by atoms with Crippen LogP contribution in [-0.4, -0.2) is 20.6 Å². The van der Waals surface area contributed by atoms with Crippen molar-refractivity contribution in [3.63, 3.8) is 0 Å². The van der Waals surface area contributed by atoms with Crippen molar-refractivity contribution in [2.45, 2.75) is 12.0 Å². The van der Waals surface area contributed by atoms with Gasteiger partial charge in [0.05, 0.1) is 22.6 Å². The van der Waals surface area contributed by atoms with Gasteiger partial charge in [0.15, 0.2) is 11.6 Å². The van der Waals surface area contributed by atoms with Gasteiger partial charge in [0, 0.05) is 27.6 Å². The molecule has 2 unspecified atom stereocenters. The van der Waals surface area contributed by atoms with Crippen LogP contribution in [0.2, 0.25) is 0 Å². The lowest BCUT2D eigenvalue weighted by Crippen LogP contribution is -2.17. The Kier molecular flexibility index (Phi) is 6.96. The van der Waals surface area contributed by atoms with Gasteiger partial charge in [-0.2, -0.15) is 0 Å². The Labute approximate surface area is 313 Å². The number of benzene rings is 7. The van der Waals surface area contributed by atoms with Crippen LogP contribution in [0.1, 0.15) is 17.2 Å². The Bertz CT molecular complexity index is 2960. The monoisotopic (exact) mass is 691 g/mol. The van der Waals surface area contributed by atoms with Gasteiger partial charge in [-0.05, 0) is 75.5 Å². The maximum atomic E-state index is 6.62. The van der Waals surface area contributed by atoms with Crippen molar-refractivity contribution >= 4 is 38.2 Å². The molecule has 7 aromatic carbocycles. The minimum atomic E-state index is -0.135. The number of para-hydroxylation sites is 1. The summed E-state index contributed by atoms with van der Waals surface area (Å²) < 4.78 is 9.02. The summed E-state index contributed by atoms with van der Waals surface area (Å²) in [5.74, 6) is 1.46. The zero-order valence-electron chi connectivity index (χ0n) is 29.3. The summed E-state index contributed by atoms with van der Waals surface area (Å²) in [5.41, 5.74) is 12.1. The van der Waals surface area contributed by atoms with Crippen LogP contribution in [-0.2, 0) is 0 Å². The maximum absolute atomic E-state index is 6.62. The fourth-order valence-corrected chi connectivity index (χ4v) is 8.27. The van der Waals surface area contributed by atoms with E-state index in [9.17, 15) is 0 Å².